The van der Waals surface area contributed by atoms with Gasteiger partial charge in [-0.25, -0.2) is 8.78 Å². The maximum absolute atomic E-state index is 13.0. The Morgan fingerprint density at radius 1 is 0.950 bits per heavy atom. The van der Waals surface area contributed by atoms with Crippen LogP contribution >= 0.6 is 63.7 Å². The van der Waals surface area contributed by atoms with Crippen LogP contribution in [0.3, 0.4) is 0 Å². The lowest BCUT2D eigenvalue weighted by Crippen LogP contribution is -1.85. The Morgan fingerprint density at radius 2 is 1.50 bits per heavy atom. The molecular formula is C14H10Br4F2. The lowest BCUT2D eigenvalue weighted by Gasteiger charge is -2.03. The Balaban J connectivity index is 0.000000204. The van der Waals surface area contributed by atoms with E-state index in [0.717, 1.165) is 20.1 Å². The molecule has 0 atom stereocenters. The van der Waals surface area contributed by atoms with Crippen molar-refractivity contribution >= 4 is 63.7 Å². The third kappa shape index (κ3) is 5.20. The molecule has 0 amide bonds. The van der Waals surface area contributed by atoms with Crippen LogP contribution in [0.2, 0.25) is 0 Å². The molecule has 0 heterocycles. The van der Waals surface area contributed by atoms with E-state index in [-0.39, 0.29) is 12.5 Å². The van der Waals surface area contributed by atoms with Gasteiger partial charge in [0.1, 0.15) is 6.67 Å². The molecule has 0 saturated carbocycles. The molecule has 0 aromatic heterocycles. The van der Waals surface area contributed by atoms with Gasteiger partial charge in [-0.2, -0.15) is 0 Å². The van der Waals surface area contributed by atoms with E-state index in [1.807, 2.05) is 19.1 Å². The largest absolute Gasteiger partial charge is 0.246 e. The van der Waals surface area contributed by atoms with Crippen molar-refractivity contribution in [2.45, 2.75) is 13.6 Å². The number of alkyl halides is 1. The van der Waals surface area contributed by atoms with Crippen LogP contribution in [0.4, 0.5) is 8.78 Å². The second kappa shape index (κ2) is 8.61. The zero-order valence-corrected chi connectivity index (χ0v) is 16.7. The summed E-state index contributed by atoms with van der Waals surface area (Å²) in [7, 11) is 0. The van der Waals surface area contributed by atoms with Crippen molar-refractivity contribution in [2.75, 3.05) is 0 Å². The normalized spacial score (nSPS) is 9.95. The molecule has 20 heavy (non-hydrogen) atoms. The molecule has 0 N–H and O–H groups in total. The summed E-state index contributed by atoms with van der Waals surface area (Å²) in [5.74, 6) is -0.275. The predicted molar refractivity (Wildman–Crippen MR) is 93.2 cm³/mol. The highest BCUT2D eigenvalue weighted by atomic mass is 79.9. The average Bonchev–Trinajstić information content (AvgIpc) is 2.44. The molecule has 0 saturated heterocycles. The average molecular weight is 536 g/mol. The van der Waals surface area contributed by atoms with Gasteiger partial charge in [0.2, 0.25) is 0 Å². The van der Waals surface area contributed by atoms with Gasteiger partial charge in [-0.15, -0.1) is 0 Å². The van der Waals surface area contributed by atoms with Gasteiger partial charge in [0.15, 0.2) is 5.82 Å². The molecule has 108 valence electrons. The molecule has 0 unspecified atom stereocenters. The van der Waals surface area contributed by atoms with Crippen LogP contribution in [0.15, 0.2) is 48.2 Å². The maximum atomic E-state index is 13.0. The predicted octanol–water partition coefficient (Wildman–Crippen LogP) is 7.34. The van der Waals surface area contributed by atoms with Gasteiger partial charge in [-0.3, -0.25) is 0 Å². The molecular weight excluding hydrogens is 526 g/mol. The number of aryl methyl sites for hydroxylation is 1. The Hall–Kier alpha value is 0.220. The number of hydrogen-bond acceptors (Lipinski definition) is 0. The monoisotopic (exact) mass is 532 g/mol. The molecule has 0 spiro atoms. The van der Waals surface area contributed by atoms with Crippen LogP contribution in [0.5, 0.6) is 0 Å². The van der Waals surface area contributed by atoms with Gasteiger partial charge < -0.3 is 0 Å². The fourth-order valence-electron chi connectivity index (χ4n) is 1.26. The lowest BCUT2D eigenvalue weighted by molar-refractivity contribution is 0.485. The number of halogens is 6. The van der Waals surface area contributed by atoms with Crippen LogP contribution < -0.4 is 0 Å². The standard InChI is InChI=1S/C7H4Br3F.C7H6BrF/c1-3-2-4(8)7(11)6(10)5(3)9;8-7-3-1-6(5-9)2-4-7/h2H,1H3;1-4H,5H2. The van der Waals surface area contributed by atoms with Crippen molar-refractivity contribution in [2.24, 2.45) is 0 Å². The van der Waals surface area contributed by atoms with E-state index in [9.17, 15) is 8.78 Å². The molecule has 0 aliphatic carbocycles. The van der Waals surface area contributed by atoms with Crippen molar-refractivity contribution in [3.8, 4) is 0 Å². The number of hydrogen-bond donors (Lipinski definition) is 0. The van der Waals surface area contributed by atoms with E-state index >= 15 is 0 Å². The molecule has 0 fully saturated rings. The van der Waals surface area contributed by atoms with Crippen molar-refractivity contribution in [1.82, 2.24) is 0 Å². The smallest absolute Gasteiger partial charge is 0.152 e. The highest BCUT2D eigenvalue weighted by molar-refractivity contribution is 9.13. The molecule has 0 nitrogen and oxygen atoms in total. The molecule has 0 aliphatic rings. The van der Waals surface area contributed by atoms with Gasteiger partial charge in [0.05, 0.1) is 8.95 Å². The summed E-state index contributed by atoms with van der Waals surface area (Å²) in [6.45, 7) is 1.52. The van der Waals surface area contributed by atoms with Crippen LogP contribution in [0, 0.1) is 12.7 Å². The van der Waals surface area contributed by atoms with Crippen molar-refractivity contribution in [3.63, 3.8) is 0 Å². The first-order chi connectivity index (χ1) is 9.36. The second-order valence-corrected chi connectivity index (χ2v) is 7.23. The first kappa shape index (κ1) is 18.3. The summed E-state index contributed by atoms with van der Waals surface area (Å²) in [5, 5.41) is 0. The Kier molecular flexibility index (Phi) is 7.87. The molecule has 2 aromatic carbocycles. The molecule has 2 aromatic rings. The van der Waals surface area contributed by atoms with E-state index in [2.05, 4.69) is 63.7 Å². The highest BCUT2D eigenvalue weighted by Crippen LogP contribution is 2.33. The third-order valence-corrected chi connectivity index (χ3v) is 5.76. The Morgan fingerprint density at radius 3 is 2.00 bits per heavy atom. The summed E-state index contributed by atoms with van der Waals surface area (Å²) >= 11 is 12.7. The van der Waals surface area contributed by atoms with Crippen molar-refractivity contribution in [1.29, 1.82) is 0 Å². The minimum atomic E-state index is -0.382. The summed E-state index contributed by atoms with van der Waals surface area (Å²) in [5.41, 5.74) is 1.71. The SMILES string of the molecule is Cc1cc(Br)c(F)c(Br)c1Br.FCc1ccc(Br)cc1. The molecule has 2 rings (SSSR count). The molecule has 6 heteroatoms. The van der Waals surface area contributed by atoms with E-state index in [4.69, 9.17) is 0 Å². The number of benzene rings is 2. The fraction of sp³-hybridized carbons (Fsp3) is 0.143. The van der Waals surface area contributed by atoms with Gasteiger partial charge in [-0.05, 0) is 84.0 Å². The van der Waals surface area contributed by atoms with Gasteiger partial charge in [0.25, 0.3) is 0 Å². The zero-order chi connectivity index (χ0) is 15.3. The van der Waals surface area contributed by atoms with E-state index in [1.165, 1.54) is 0 Å². The maximum Gasteiger partial charge on any atom is 0.152 e. The lowest BCUT2D eigenvalue weighted by atomic mass is 10.2. The first-order valence-corrected chi connectivity index (χ1v) is 8.64. The van der Waals surface area contributed by atoms with E-state index in [0.29, 0.717) is 8.95 Å². The van der Waals surface area contributed by atoms with E-state index in [1.54, 1.807) is 18.2 Å². The van der Waals surface area contributed by atoms with Crippen LogP contribution in [0.25, 0.3) is 0 Å². The highest BCUT2D eigenvalue weighted by Gasteiger charge is 2.10. The molecule has 0 bridgehead atoms. The van der Waals surface area contributed by atoms with Gasteiger partial charge >= 0.3 is 0 Å². The Bertz CT molecular complexity index is 556. The topological polar surface area (TPSA) is 0 Å². The second-order valence-electron chi connectivity index (χ2n) is 3.88. The fourth-order valence-corrected chi connectivity index (χ4v) is 3.15. The quantitative estimate of drug-likeness (QED) is 0.265. The van der Waals surface area contributed by atoms with E-state index < -0.39 is 0 Å². The summed E-state index contributed by atoms with van der Waals surface area (Å²) in [6, 6.07) is 8.89. The van der Waals surface area contributed by atoms with Crippen molar-refractivity contribution in [3.05, 3.63) is 65.2 Å². The summed E-state index contributed by atoms with van der Waals surface area (Å²) in [4.78, 5) is 0. The zero-order valence-electron chi connectivity index (χ0n) is 10.4. The van der Waals surface area contributed by atoms with Gasteiger partial charge in [0, 0.05) is 8.95 Å². The molecule has 0 radical (unpaired) electrons. The van der Waals surface area contributed by atoms with Crippen LogP contribution in [0.1, 0.15) is 11.1 Å². The van der Waals surface area contributed by atoms with Crippen LogP contribution in [-0.4, -0.2) is 0 Å². The van der Waals surface area contributed by atoms with Crippen LogP contribution in [-0.2, 0) is 6.67 Å². The Labute approximate surface area is 150 Å². The van der Waals surface area contributed by atoms with Gasteiger partial charge in [-0.1, -0.05) is 28.1 Å². The third-order valence-electron chi connectivity index (χ3n) is 2.35. The summed E-state index contributed by atoms with van der Waals surface area (Å²) < 4.78 is 27.6. The molecule has 0 aliphatic heterocycles. The van der Waals surface area contributed by atoms with Crippen molar-refractivity contribution < 1.29 is 8.78 Å². The minimum absolute atomic E-state index is 0.275. The minimum Gasteiger partial charge on any atom is -0.246 e. The first-order valence-electron chi connectivity index (χ1n) is 5.46. The number of rotatable bonds is 1. The summed E-state index contributed by atoms with van der Waals surface area (Å²) in [6.07, 6.45) is 0.